The molecule has 3 aromatic rings. The molecule has 0 atom stereocenters. The Balaban J connectivity index is 2.11. The number of pyridine rings is 1. The van der Waals surface area contributed by atoms with Crippen LogP contribution >= 0.6 is 0 Å². The predicted molar refractivity (Wildman–Crippen MR) is 103 cm³/mol. The van der Waals surface area contributed by atoms with Crippen molar-refractivity contribution in [1.29, 1.82) is 0 Å². The molecule has 30 heavy (non-hydrogen) atoms. The molecular formula is C23H14F3NO3. The summed E-state index contributed by atoms with van der Waals surface area (Å²) in [7, 11) is 0. The molecule has 0 unspecified atom stereocenters. The van der Waals surface area contributed by atoms with Crippen molar-refractivity contribution in [3.05, 3.63) is 89.2 Å². The molecule has 0 amide bonds. The van der Waals surface area contributed by atoms with Crippen LogP contribution in [0.25, 0.3) is 11.1 Å². The van der Waals surface area contributed by atoms with Crippen LogP contribution in [-0.2, 0) is 9.53 Å². The van der Waals surface area contributed by atoms with Crippen LogP contribution in [0.2, 0.25) is 0 Å². The molecule has 1 aromatic heterocycles. The number of alkyl halides is 3. The average Bonchev–Trinajstić information content (AvgIpc) is 2.72. The molecule has 0 fully saturated rings. The molecular weight excluding hydrogens is 395 g/mol. The van der Waals surface area contributed by atoms with Gasteiger partial charge in [-0.2, -0.15) is 13.2 Å². The van der Waals surface area contributed by atoms with E-state index >= 15 is 0 Å². The fraction of sp³-hybridized carbons (Fsp3) is 0.0870. The summed E-state index contributed by atoms with van der Waals surface area (Å²) in [5.41, 5.74) is 2.64. The number of carbonyl (C=O) groups is 2. The lowest BCUT2D eigenvalue weighted by atomic mass is 9.93. The van der Waals surface area contributed by atoms with Gasteiger partial charge in [0.05, 0.1) is 5.56 Å². The molecule has 0 aliphatic rings. The summed E-state index contributed by atoms with van der Waals surface area (Å²) in [6.07, 6.45) is -2.14. The van der Waals surface area contributed by atoms with E-state index in [0.717, 1.165) is 5.56 Å². The molecule has 0 saturated carbocycles. The zero-order chi connectivity index (χ0) is 21.7. The highest BCUT2D eigenvalue weighted by molar-refractivity contribution is 6.04. The normalized spacial score (nSPS) is 10.7. The van der Waals surface area contributed by atoms with Crippen LogP contribution in [0.3, 0.4) is 0 Å². The maximum Gasteiger partial charge on any atom is 0.491 e. The Kier molecular flexibility index (Phi) is 5.98. The molecule has 1 heterocycles. The van der Waals surface area contributed by atoms with E-state index in [1.807, 2.05) is 6.92 Å². The second kappa shape index (κ2) is 8.62. The van der Waals surface area contributed by atoms with E-state index in [1.54, 1.807) is 54.9 Å². The molecule has 150 valence electrons. The monoisotopic (exact) mass is 409 g/mol. The van der Waals surface area contributed by atoms with Crippen LogP contribution in [0.5, 0.6) is 0 Å². The van der Waals surface area contributed by atoms with Gasteiger partial charge in [-0.05, 0) is 36.8 Å². The van der Waals surface area contributed by atoms with Gasteiger partial charge >= 0.3 is 18.1 Å². The summed E-state index contributed by atoms with van der Waals surface area (Å²) in [5, 5.41) is 0. The van der Waals surface area contributed by atoms with Crippen molar-refractivity contribution in [3.63, 3.8) is 0 Å². The van der Waals surface area contributed by atoms with E-state index in [2.05, 4.69) is 21.6 Å². The molecule has 0 N–H and O–H groups in total. The molecule has 0 spiro atoms. The van der Waals surface area contributed by atoms with E-state index in [-0.39, 0.29) is 11.1 Å². The van der Waals surface area contributed by atoms with Crippen molar-refractivity contribution in [3.8, 4) is 23.0 Å². The third kappa shape index (κ3) is 4.92. The van der Waals surface area contributed by atoms with Crippen LogP contribution in [0.4, 0.5) is 13.2 Å². The first-order valence-electron chi connectivity index (χ1n) is 8.71. The van der Waals surface area contributed by atoms with Gasteiger partial charge in [0, 0.05) is 29.1 Å². The van der Waals surface area contributed by atoms with E-state index in [0.29, 0.717) is 16.7 Å². The van der Waals surface area contributed by atoms with Gasteiger partial charge in [0.1, 0.15) is 0 Å². The lowest BCUT2D eigenvalue weighted by Crippen LogP contribution is -2.28. The molecule has 7 heteroatoms. The van der Waals surface area contributed by atoms with Gasteiger partial charge in [-0.3, -0.25) is 4.98 Å². The minimum absolute atomic E-state index is 0.196. The molecule has 0 radical (unpaired) electrons. The van der Waals surface area contributed by atoms with E-state index < -0.39 is 18.1 Å². The molecule has 2 aromatic carbocycles. The van der Waals surface area contributed by atoms with Crippen molar-refractivity contribution in [2.75, 3.05) is 0 Å². The third-order valence-corrected chi connectivity index (χ3v) is 4.06. The minimum Gasteiger partial charge on any atom is -0.383 e. The number of nitrogens with zero attached hydrogens (tertiary/aromatic N) is 1. The number of hydrogen-bond donors (Lipinski definition) is 0. The zero-order valence-electron chi connectivity index (χ0n) is 15.7. The first kappa shape index (κ1) is 20.8. The summed E-state index contributed by atoms with van der Waals surface area (Å²) >= 11 is 0. The standard InChI is InChI=1S/C23H14F3NO3/c1-15-5-8-18(9-6-15)20-17(10-7-16-11-13-27-14-12-16)3-2-4-19(20)21(28)30-22(29)23(24,25)26/h2-6,8-9,11-14H,1H3. The topological polar surface area (TPSA) is 56.3 Å². The van der Waals surface area contributed by atoms with E-state index in [4.69, 9.17) is 0 Å². The van der Waals surface area contributed by atoms with Gasteiger partial charge < -0.3 is 4.74 Å². The maximum atomic E-state index is 12.5. The van der Waals surface area contributed by atoms with Crippen molar-refractivity contribution in [2.45, 2.75) is 13.1 Å². The van der Waals surface area contributed by atoms with Gasteiger partial charge in [-0.25, -0.2) is 9.59 Å². The molecule has 4 nitrogen and oxygen atoms in total. The number of benzene rings is 2. The Hall–Kier alpha value is -3.92. The van der Waals surface area contributed by atoms with E-state index in [9.17, 15) is 22.8 Å². The summed E-state index contributed by atoms with van der Waals surface area (Å²) in [5.74, 6) is 1.88. The molecule has 0 aliphatic heterocycles. The fourth-order valence-corrected chi connectivity index (χ4v) is 2.63. The van der Waals surface area contributed by atoms with Crippen LogP contribution in [-0.4, -0.2) is 23.1 Å². The number of aromatic nitrogens is 1. The molecule has 3 rings (SSSR count). The molecule has 0 bridgehead atoms. The summed E-state index contributed by atoms with van der Waals surface area (Å²) < 4.78 is 41.6. The van der Waals surface area contributed by atoms with Crippen molar-refractivity contribution in [1.82, 2.24) is 4.98 Å². The number of esters is 2. The summed E-state index contributed by atoms with van der Waals surface area (Å²) in [6, 6.07) is 14.8. The zero-order valence-corrected chi connectivity index (χ0v) is 15.7. The smallest absolute Gasteiger partial charge is 0.383 e. The lowest BCUT2D eigenvalue weighted by molar-refractivity contribution is -0.193. The van der Waals surface area contributed by atoms with Crippen molar-refractivity contribution >= 4 is 11.9 Å². The van der Waals surface area contributed by atoms with Gasteiger partial charge in [-0.1, -0.05) is 47.7 Å². The second-order valence-electron chi connectivity index (χ2n) is 6.25. The van der Waals surface area contributed by atoms with Crippen LogP contribution in [0, 0.1) is 18.8 Å². The lowest BCUT2D eigenvalue weighted by Gasteiger charge is -2.12. The number of carbonyl (C=O) groups excluding carboxylic acids is 2. The fourth-order valence-electron chi connectivity index (χ4n) is 2.63. The first-order valence-corrected chi connectivity index (χ1v) is 8.71. The van der Waals surface area contributed by atoms with Gasteiger partial charge in [-0.15, -0.1) is 0 Å². The van der Waals surface area contributed by atoms with E-state index in [1.165, 1.54) is 12.1 Å². The number of hydrogen-bond acceptors (Lipinski definition) is 4. The highest BCUT2D eigenvalue weighted by atomic mass is 19.4. The molecule has 0 aliphatic carbocycles. The third-order valence-electron chi connectivity index (χ3n) is 4.06. The molecule has 0 saturated heterocycles. The van der Waals surface area contributed by atoms with Crippen LogP contribution in [0.1, 0.15) is 27.0 Å². The predicted octanol–water partition coefficient (Wildman–Crippen LogP) is 4.70. The number of aryl methyl sites for hydroxylation is 1. The average molecular weight is 409 g/mol. The Labute approximate surface area is 170 Å². The largest absolute Gasteiger partial charge is 0.491 e. The Bertz CT molecular complexity index is 1140. The van der Waals surface area contributed by atoms with Crippen molar-refractivity contribution < 1.29 is 27.5 Å². The highest BCUT2D eigenvalue weighted by Gasteiger charge is 2.42. The Morgan fingerprint density at radius 2 is 1.60 bits per heavy atom. The van der Waals surface area contributed by atoms with Gasteiger partial charge in [0.25, 0.3) is 0 Å². The Morgan fingerprint density at radius 3 is 2.23 bits per heavy atom. The Morgan fingerprint density at radius 1 is 0.933 bits per heavy atom. The number of rotatable bonds is 2. The number of halogens is 3. The quantitative estimate of drug-likeness (QED) is 0.350. The van der Waals surface area contributed by atoms with Gasteiger partial charge in [0.2, 0.25) is 0 Å². The van der Waals surface area contributed by atoms with Gasteiger partial charge in [0.15, 0.2) is 0 Å². The van der Waals surface area contributed by atoms with Crippen LogP contribution in [0.15, 0.2) is 67.0 Å². The SMILES string of the molecule is Cc1ccc(-c2c(C#Cc3ccncc3)cccc2C(=O)OC(=O)C(F)(F)F)cc1. The minimum atomic E-state index is -5.28. The maximum absolute atomic E-state index is 12.5. The van der Waals surface area contributed by atoms with Crippen molar-refractivity contribution in [2.24, 2.45) is 0 Å². The first-order chi connectivity index (χ1) is 14.3. The summed E-state index contributed by atoms with van der Waals surface area (Å²) in [4.78, 5) is 27.4. The number of ether oxygens (including phenoxy) is 1. The second-order valence-corrected chi connectivity index (χ2v) is 6.25. The summed E-state index contributed by atoms with van der Waals surface area (Å²) in [6.45, 7) is 1.87. The van der Waals surface area contributed by atoms with Crippen LogP contribution < -0.4 is 0 Å². The highest BCUT2D eigenvalue weighted by Crippen LogP contribution is 2.29.